The summed E-state index contributed by atoms with van der Waals surface area (Å²) >= 11 is 3.59. The maximum Gasteiger partial charge on any atom is 0.159 e. The van der Waals surface area contributed by atoms with E-state index in [1.165, 1.54) is 22.4 Å². The van der Waals surface area contributed by atoms with Gasteiger partial charge in [0.05, 0.1) is 6.04 Å². The van der Waals surface area contributed by atoms with Gasteiger partial charge in [0.25, 0.3) is 0 Å². The Labute approximate surface area is 138 Å². The fourth-order valence-corrected chi connectivity index (χ4v) is 3.99. The van der Waals surface area contributed by atoms with Crippen LogP contribution in [0.2, 0.25) is 0 Å². The number of fused-ring (bicyclic) bond motifs is 5. The molecule has 0 aliphatic carbocycles. The van der Waals surface area contributed by atoms with Crippen LogP contribution in [0.4, 0.5) is 5.69 Å². The normalized spacial score (nSPS) is 22.6. The average Bonchev–Trinajstić information content (AvgIpc) is 2.63. The van der Waals surface area contributed by atoms with Gasteiger partial charge in [-0.25, -0.2) is 0 Å². The topological polar surface area (TPSA) is 20.3 Å². The second kappa shape index (κ2) is 5.10. The Morgan fingerprint density at radius 1 is 1.09 bits per heavy atom. The number of carbonyl (C=O) groups excluding carboxylic acids is 1. The van der Waals surface area contributed by atoms with Crippen molar-refractivity contribution in [3.63, 3.8) is 0 Å². The monoisotopic (exact) mass is 353 g/mol. The van der Waals surface area contributed by atoms with Crippen LogP contribution in [0.15, 0.2) is 59.2 Å². The van der Waals surface area contributed by atoms with E-state index in [9.17, 15) is 4.79 Å². The van der Waals surface area contributed by atoms with Gasteiger partial charge >= 0.3 is 0 Å². The highest BCUT2D eigenvalue weighted by Crippen LogP contribution is 2.46. The summed E-state index contributed by atoms with van der Waals surface area (Å²) in [5, 5.41) is 0. The van der Waals surface area contributed by atoms with Crippen molar-refractivity contribution in [3.8, 4) is 0 Å². The van der Waals surface area contributed by atoms with Gasteiger partial charge in [0.2, 0.25) is 0 Å². The Hall–Kier alpha value is -1.87. The van der Waals surface area contributed by atoms with Gasteiger partial charge in [-0.1, -0.05) is 47.1 Å². The Kier molecular flexibility index (Phi) is 3.19. The first-order valence-electron chi connectivity index (χ1n) is 7.53. The summed E-state index contributed by atoms with van der Waals surface area (Å²) in [7, 11) is 0. The van der Waals surface area contributed by atoms with Crippen molar-refractivity contribution in [1.82, 2.24) is 0 Å². The molecule has 110 valence electrons. The molecular formula is C19H16BrNO. The molecule has 2 aromatic rings. The Morgan fingerprint density at radius 3 is 2.68 bits per heavy atom. The molecule has 0 saturated heterocycles. The lowest BCUT2D eigenvalue weighted by Crippen LogP contribution is -2.28. The minimum atomic E-state index is 0.0959. The standard InChI is InChI=1S/C19H16BrNO/c1-12-15-4-2-3-5-16(15)19-11-14(22)8-9-21(19)18-7-6-13(20)10-17(12)18/h2-10,12,19H,11H2,1H3. The number of anilines is 1. The second-order valence-corrected chi connectivity index (χ2v) is 6.88. The Bertz CT molecular complexity index is 796. The molecule has 0 radical (unpaired) electrons. The first-order chi connectivity index (χ1) is 10.6. The molecule has 0 N–H and O–H groups in total. The lowest BCUT2D eigenvalue weighted by Gasteiger charge is -2.33. The number of ketones is 1. The molecule has 0 aromatic heterocycles. The van der Waals surface area contributed by atoms with Crippen LogP contribution in [0, 0.1) is 0 Å². The Morgan fingerprint density at radius 2 is 1.86 bits per heavy atom. The molecule has 2 aliphatic heterocycles. The number of allylic oxidation sites excluding steroid dienone is 1. The third-order valence-electron chi connectivity index (χ3n) is 4.71. The maximum atomic E-state index is 12.0. The highest BCUT2D eigenvalue weighted by atomic mass is 79.9. The van der Waals surface area contributed by atoms with Gasteiger partial charge in [0.1, 0.15) is 0 Å². The number of benzene rings is 2. The molecule has 2 aromatic carbocycles. The van der Waals surface area contributed by atoms with Crippen LogP contribution in [0.1, 0.15) is 42.0 Å². The number of hydrogen-bond donors (Lipinski definition) is 0. The van der Waals surface area contributed by atoms with Crippen LogP contribution in [0.3, 0.4) is 0 Å². The molecule has 2 nitrogen and oxygen atoms in total. The van der Waals surface area contributed by atoms with E-state index in [1.54, 1.807) is 6.08 Å². The Balaban J connectivity index is 2.02. The zero-order chi connectivity index (χ0) is 15.3. The van der Waals surface area contributed by atoms with Crippen molar-refractivity contribution in [2.24, 2.45) is 0 Å². The zero-order valence-electron chi connectivity index (χ0n) is 12.3. The third-order valence-corrected chi connectivity index (χ3v) is 5.20. The van der Waals surface area contributed by atoms with E-state index in [1.807, 2.05) is 6.20 Å². The SMILES string of the molecule is CC1c2ccccc2C2CC(=O)C=CN2c2ccc(Br)cc21. The van der Waals surface area contributed by atoms with Crippen molar-refractivity contribution in [2.75, 3.05) is 4.90 Å². The molecule has 0 bridgehead atoms. The predicted octanol–water partition coefficient (Wildman–Crippen LogP) is 4.95. The molecule has 2 heterocycles. The zero-order valence-corrected chi connectivity index (χ0v) is 13.9. The first kappa shape index (κ1) is 13.8. The molecule has 2 unspecified atom stereocenters. The van der Waals surface area contributed by atoms with Crippen molar-refractivity contribution < 1.29 is 4.79 Å². The highest BCUT2D eigenvalue weighted by Gasteiger charge is 2.33. The van der Waals surface area contributed by atoms with Gasteiger partial charge in [-0.05, 0) is 41.0 Å². The molecule has 4 rings (SSSR count). The number of nitrogens with zero attached hydrogens (tertiary/aromatic N) is 1. The lowest BCUT2D eigenvalue weighted by molar-refractivity contribution is -0.115. The van der Waals surface area contributed by atoms with E-state index < -0.39 is 0 Å². The molecule has 0 saturated carbocycles. The first-order valence-corrected chi connectivity index (χ1v) is 8.32. The lowest BCUT2D eigenvalue weighted by atomic mass is 9.87. The van der Waals surface area contributed by atoms with E-state index in [-0.39, 0.29) is 11.8 Å². The quantitative estimate of drug-likeness (QED) is 0.667. The van der Waals surface area contributed by atoms with Gasteiger partial charge in [0.15, 0.2) is 5.78 Å². The molecule has 22 heavy (non-hydrogen) atoms. The molecule has 0 fully saturated rings. The molecule has 2 atom stereocenters. The fraction of sp³-hybridized carbons (Fsp3) is 0.211. The van der Waals surface area contributed by atoms with Crippen molar-refractivity contribution >= 4 is 27.4 Å². The van der Waals surface area contributed by atoms with E-state index in [0.717, 1.165) is 4.47 Å². The van der Waals surface area contributed by atoms with E-state index >= 15 is 0 Å². The van der Waals surface area contributed by atoms with E-state index in [4.69, 9.17) is 0 Å². The summed E-state index contributed by atoms with van der Waals surface area (Å²) < 4.78 is 1.09. The van der Waals surface area contributed by atoms with Crippen molar-refractivity contribution in [1.29, 1.82) is 0 Å². The van der Waals surface area contributed by atoms with Gasteiger partial charge < -0.3 is 4.90 Å². The van der Waals surface area contributed by atoms with Gasteiger partial charge in [-0.3, -0.25) is 4.79 Å². The molecule has 3 heteroatoms. The maximum absolute atomic E-state index is 12.0. The van der Waals surface area contributed by atoms with Crippen molar-refractivity contribution in [2.45, 2.75) is 25.3 Å². The summed E-state index contributed by atoms with van der Waals surface area (Å²) in [4.78, 5) is 14.2. The van der Waals surface area contributed by atoms with E-state index in [0.29, 0.717) is 12.3 Å². The van der Waals surface area contributed by atoms with E-state index in [2.05, 4.69) is 70.2 Å². The number of rotatable bonds is 0. The largest absolute Gasteiger partial charge is 0.340 e. The second-order valence-electron chi connectivity index (χ2n) is 5.96. The fourth-order valence-electron chi connectivity index (χ4n) is 3.62. The van der Waals surface area contributed by atoms with Crippen LogP contribution >= 0.6 is 15.9 Å². The smallest absolute Gasteiger partial charge is 0.159 e. The van der Waals surface area contributed by atoms with Crippen molar-refractivity contribution in [3.05, 3.63) is 75.9 Å². The third kappa shape index (κ3) is 2.03. The number of halogens is 1. The summed E-state index contributed by atoms with van der Waals surface area (Å²) in [5.41, 5.74) is 5.07. The van der Waals surface area contributed by atoms with Crippen LogP contribution < -0.4 is 4.90 Å². The molecule has 0 spiro atoms. The predicted molar refractivity (Wildman–Crippen MR) is 92.1 cm³/mol. The highest BCUT2D eigenvalue weighted by molar-refractivity contribution is 9.10. The van der Waals surface area contributed by atoms with Crippen LogP contribution in [-0.2, 0) is 4.79 Å². The summed E-state index contributed by atoms with van der Waals surface area (Å²) in [6.07, 6.45) is 4.18. The molecule has 0 amide bonds. The molecular weight excluding hydrogens is 338 g/mol. The van der Waals surface area contributed by atoms with Crippen LogP contribution in [-0.4, -0.2) is 5.78 Å². The van der Waals surface area contributed by atoms with Gasteiger partial charge in [-0.15, -0.1) is 0 Å². The minimum Gasteiger partial charge on any atom is -0.340 e. The summed E-state index contributed by atoms with van der Waals surface area (Å²) in [6.45, 7) is 2.24. The van der Waals surface area contributed by atoms with Gasteiger partial charge in [0, 0.05) is 28.7 Å². The average molecular weight is 354 g/mol. The summed E-state index contributed by atoms with van der Waals surface area (Å²) in [5.74, 6) is 0.502. The number of carbonyl (C=O) groups is 1. The molecule has 2 aliphatic rings. The summed E-state index contributed by atoms with van der Waals surface area (Å²) in [6, 6.07) is 15.0. The minimum absolute atomic E-state index is 0.0959. The van der Waals surface area contributed by atoms with Gasteiger partial charge in [-0.2, -0.15) is 0 Å². The number of hydrogen-bond acceptors (Lipinski definition) is 2. The van der Waals surface area contributed by atoms with Crippen LogP contribution in [0.25, 0.3) is 0 Å². The van der Waals surface area contributed by atoms with Crippen LogP contribution in [0.5, 0.6) is 0 Å².